The molecule has 0 fully saturated rings. The average molecular weight is 383 g/mol. The monoisotopic (exact) mass is 383 g/mol. The summed E-state index contributed by atoms with van der Waals surface area (Å²) in [4.78, 5) is 16.4. The fourth-order valence-corrected chi connectivity index (χ4v) is 2.96. The first-order valence-electron chi connectivity index (χ1n) is 9.27. The minimum Gasteiger partial charge on any atom is -0.490 e. The van der Waals surface area contributed by atoms with Crippen LogP contribution in [0, 0.1) is 0 Å². The number of nitrogens with zero attached hydrogens (tertiary/aromatic N) is 2. The first kappa shape index (κ1) is 19.7. The van der Waals surface area contributed by atoms with Crippen molar-refractivity contribution in [1.82, 2.24) is 14.9 Å². The van der Waals surface area contributed by atoms with Gasteiger partial charge in [0.25, 0.3) is 0 Å². The minimum absolute atomic E-state index is 0.0253. The Morgan fingerprint density at radius 2 is 1.79 bits per heavy atom. The van der Waals surface area contributed by atoms with Crippen LogP contribution in [0.3, 0.4) is 0 Å². The van der Waals surface area contributed by atoms with Crippen LogP contribution in [0.15, 0.2) is 48.5 Å². The molecule has 7 heteroatoms. The quantitative estimate of drug-likeness (QED) is 0.583. The smallest absolute Gasteiger partial charge is 0.246 e. The highest BCUT2D eigenvalue weighted by atomic mass is 16.5. The number of rotatable bonds is 10. The van der Waals surface area contributed by atoms with E-state index in [9.17, 15) is 4.79 Å². The van der Waals surface area contributed by atoms with Gasteiger partial charge in [0.15, 0.2) is 11.5 Å². The van der Waals surface area contributed by atoms with Gasteiger partial charge in [0.2, 0.25) is 5.91 Å². The highest BCUT2D eigenvalue weighted by Crippen LogP contribution is 2.26. The summed E-state index contributed by atoms with van der Waals surface area (Å²) < 4.78 is 18.5. The largest absolute Gasteiger partial charge is 0.490 e. The Hall–Kier alpha value is -3.06. The lowest BCUT2D eigenvalue weighted by molar-refractivity contribution is -0.124. The zero-order chi connectivity index (χ0) is 19.8. The van der Waals surface area contributed by atoms with Crippen molar-refractivity contribution >= 4 is 16.9 Å². The summed E-state index contributed by atoms with van der Waals surface area (Å²) in [5.41, 5.74) is 1.88. The lowest BCUT2D eigenvalue weighted by atomic mass is 10.3. The number of fused-ring (bicyclic) bond motifs is 1. The molecule has 0 atom stereocenters. The molecule has 7 nitrogen and oxygen atoms in total. The van der Waals surface area contributed by atoms with Gasteiger partial charge in [-0.1, -0.05) is 24.3 Å². The number of carbonyl (C=O) groups is 1. The van der Waals surface area contributed by atoms with E-state index in [1.165, 1.54) is 7.11 Å². The molecule has 1 heterocycles. The highest BCUT2D eigenvalue weighted by Gasteiger charge is 2.12. The number of nitrogens with one attached hydrogen (secondary N) is 1. The maximum atomic E-state index is 11.7. The summed E-state index contributed by atoms with van der Waals surface area (Å²) in [7, 11) is 1.49. The fourth-order valence-electron chi connectivity index (χ4n) is 2.96. The van der Waals surface area contributed by atoms with E-state index in [0.717, 1.165) is 22.6 Å². The number of imidazole rings is 1. The molecule has 0 unspecified atom stereocenters. The van der Waals surface area contributed by atoms with Crippen LogP contribution in [0.4, 0.5) is 0 Å². The molecule has 0 radical (unpaired) electrons. The molecule has 0 aliphatic rings. The summed E-state index contributed by atoms with van der Waals surface area (Å²) in [5.74, 6) is 2.03. The molecule has 0 aliphatic heterocycles. The van der Waals surface area contributed by atoms with Crippen LogP contribution in [-0.2, 0) is 22.6 Å². The molecular formula is C21H25N3O4. The van der Waals surface area contributed by atoms with E-state index in [0.29, 0.717) is 32.1 Å². The van der Waals surface area contributed by atoms with Gasteiger partial charge >= 0.3 is 0 Å². The van der Waals surface area contributed by atoms with Gasteiger partial charge in [-0.3, -0.25) is 4.79 Å². The summed E-state index contributed by atoms with van der Waals surface area (Å²) in [5, 5.41) is 2.83. The molecule has 3 rings (SSSR count). The number of hydrogen-bond acceptors (Lipinski definition) is 5. The summed E-state index contributed by atoms with van der Waals surface area (Å²) in [6.07, 6.45) is 0. The molecule has 0 saturated heterocycles. The van der Waals surface area contributed by atoms with Gasteiger partial charge in [-0.05, 0) is 31.2 Å². The van der Waals surface area contributed by atoms with E-state index in [1.54, 1.807) is 0 Å². The van der Waals surface area contributed by atoms with Crippen molar-refractivity contribution in [3.8, 4) is 11.5 Å². The van der Waals surface area contributed by atoms with Gasteiger partial charge in [0, 0.05) is 7.11 Å². The fraction of sp³-hybridized carbons (Fsp3) is 0.333. The van der Waals surface area contributed by atoms with Crippen LogP contribution in [0.25, 0.3) is 11.0 Å². The minimum atomic E-state index is -0.178. The maximum absolute atomic E-state index is 11.7. The third-order valence-corrected chi connectivity index (χ3v) is 4.17. The van der Waals surface area contributed by atoms with E-state index < -0.39 is 0 Å². The van der Waals surface area contributed by atoms with Crippen molar-refractivity contribution in [1.29, 1.82) is 0 Å². The second-order valence-electron chi connectivity index (χ2n) is 6.11. The van der Waals surface area contributed by atoms with E-state index in [2.05, 4.69) is 14.9 Å². The second-order valence-corrected chi connectivity index (χ2v) is 6.11. The first-order valence-corrected chi connectivity index (χ1v) is 9.27. The van der Waals surface area contributed by atoms with Gasteiger partial charge in [0.1, 0.15) is 19.0 Å². The van der Waals surface area contributed by atoms with Gasteiger partial charge < -0.3 is 24.1 Å². The van der Waals surface area contributed by atoms with Crippen molar-refractivity contribution in [3.05, 3.63) is 54.4 Å². The number of hydrogen-bond donors (Lipinski definition) is 1. The van der Waals surface area contributed by atoms with Crippen LogP contribution >= 0.6 is 0 Å². The lowest BCUT2D eigenvalue weighted by Crippen LogP contribution is -2.28. The zero-order valence-corrected chi connectivity index (χ0v) is 16.2. The molecule has 148 valence electrons. The van der Waals surface area contributed by atoms with Crippen LogP contribution < -0.4 is 14.8 Å². The molecule has 1 amide bonds. The normalized spacial score (nSPS) is 10.8. The lowest BCUT2D eigenvalue weighted by Gasteiger charge is -2.13. The summed E-state index contributed by atoms with van der Waals surface area (Å²) in [6.45, 7) is 3.92. The number of aromatic nitrogens is 2. The molecule has 0 saturated carbocycles. The number of ether oxygens (including phenoxy) is 3. The number of carbonyl (C=O) groups excluding carboxylic acids is 1. The SMILES string of the molecule is CCOc1ccccc1OCCn1c(CNC(=O)COC)nc2ccccc21. The number of methoxy groups -OCH3 is 1. The predicted molar refractivity (Wildman–Crippen MR) is 107 cm³/mol. The van der Waals surface area contributed by atoms with E-state index in [4.69, 9.17) is 14.2 Å². The van der Waals surface area contributed by atoms with Crippen molar-refractivity contribution in [3.63, 3.8) is 0 Å². The molecule has 28 heavy (non-hydrogen) atoms. The highest BCUT2D eigenvalue weighted by molar-refractivity contribution is 5.78. The molecule has 1 N–H and O–H groups in total. The number of amides is 1. The van der Waals surface area contributed by atoms with Gasteiger partial charge in [0.05, 0.1) is 30.7 Å². The Morgan fingerprint density at radius 1 is 1.07 bits per heavy atom. The first-order chi connectivity index (χ1) is 13.7. The number of benzene rings is 2. The Balaban J connectivity index is 1.72. The molecule has 3 aromatic rings. The van der Waals surface area contributed by atoms with Crippen molar-refractivity contribution in [2.24, 2.45) is 0 Å². The van der Waals surface area contributed by atoms with Gasteiger partial charge in [-0.15, -0.1) is 0 Å². The van der Waals surface area contributed by atoms with Crippen molar-refractivity contribution < 1.29 is 19.0 Å². The molecule has 0 spiro atoms. The predicted octanol–water partition coefficient (Wildman–Crippen LogP) is 2.78. The summed E-state index contributed by atoms with van der Waals surface area (Å²) in [6, 6.07) is 15.5. The van der Waals surface area contributed by atoms with Crippen molar-refractivity contribution in [2.45, 2.75) is 20.0 Å². The van der Waals surface area contributed by atoms with Gasteiger partial charge in [-0.2, -0.15) is 0 Å². The molecular weight excluding hydrogens is 358 g/mol. The molecule has 0 aliphatic carbocycles. The van der Waals surface area contributed by atoms with Gasteiger partial charge in [-0.25, -0.2) is 4.98 Å². The van der Waals surface area contributed by atoms with Crippen LogP contribution in [0.5, 0.6) is 11.5 Å². The standard InChI is InChI=1S/C21H25N3O4/c1-3-27-18-10-6-7-11-19(18)28-13-12-24-17-9-5-4-8-16(17)23-20(24)14-22-21(25)15-26-2/h4-11H,3,12-15H2,1-2H3,(H,22,25). The molecule has 0 bridgehead atoms. The van der Waals surface area contributed by atoms with Crippen LogP contribution in [0.2, 0.25) is 0 Å². The third kappa shape index (κ3) is 4.80. The topological polar surface area (TPSA) is 74.6 Å². The Kier molecular flexibility index (Phi) is 6.86. The third-order valence-electron chi connectivity index (χ3n) is 4.17. The zero-order valence-electron chi connectivity index (χ0n) is 16.2. The Morgan fingerprint density at radius 3 is 2.54 bits per heavy atom. The Labute approximate surface area is 164 Å². The van der Waals surface area contributed by atoms with E-state index in [1.807, 2.05) is 55.5 Å². The van der Waals surface area contributed by atoms with Crippen LogP contribution in [-0.4, -0.2) is 42.4 Å². The van der Waals surface area contributed by atoms with E-state index in [-0.39, 0.29) is 12.5 Å². The van der Waals surface area contributed by atoms with Crippen molar-refractivity contribution in [2.75, 3.05) is 26.9 Å². The Bertz CT molecular complexity index is 923. The maximum Gasteiger partial charge on any atom is 0.246 e. The van der Waals surface area contributed by atoms with E-state index >= 15 is 0 Å². The summed E-state index contributed by atoms with van der Waals surface area (Å²) >= 11 is 0. The average Bonchev–Trinajstić information content (AvgIpc) is 3.06. The second kappa shape index (κ2) is 9.75. The number of para-hydroxylation sites is 4. The molecule has 2 aromatic carbocycles. The van der Waals surface area contributed by atoms with Crippen LogP contribution in [0.1, 0.15) is 12.7 Å². The molecule has 1 aromatic heterocycles.